The Morgan fingerprint density at radius 3 is 2.58 bits per heavy atom. The van der Waals surface area contributed by atoms with E-state index in [4.69, 9.17) is 19.2 Å². The Morgan fingerprint density at radius 1 is 1.11 bits per heavy atom. The summed E-state index contributed by atoms with van der Waals surface area (Å²) in [4.78, 5) is 26.9. The molecule has 2 aliphatic heterocycles. The summed E-state index contributed by atoms with van der Waals surface area (Å²) in [6.07, 6.45) is 1.33. The minimum absolute atomic E-state index is 0.00985. The van der Waals surface area contributed by atoms with Crippen molar-refractivity contribution in [1.29, 1.82) is 0 Å². The number of hydrogen-bond donors (Lipinski definition) is 2. The minimum atomic E-state index is -0.796. The number of morpholine rings is 1. The molecule has 2 aliphatic rings. The maximum Gasteiger partial charge on any atom is 0.274 e. The van der Waals surface area contributed by atoms with Gasteiger partial charge in [-0.2, -0.15) is 4.98 Å². The van der Waals surface area contributed by atoms with Gasteiger partial charge in [-0.05, 0) is 83.7 Å². The van der Waals surface area contributed by atoms with Gasteiger partial charge in [0.1, 0.15) is 28.4 Å². The van der Waals surface area contributed by atoms with E-state index in [2.05, 4.69) is 29.0 Å². The quantitative estimate of drug-likeness (QED) is 0.135. The smallest absolute Gasteiger partial charge is 0.274 e. The molecule has 1 unspecified atom stereocenters. The van der Waals surface area contributed by atoms with Crippen LogP contribution in [0.4, 0.5) is 4.39 Å². The first-order valence-electron chi connectivity index (χ1n) is 18.7. The Kier molecular flexibility index (Phi) is 12.4. The summed E-state index contributed by atoms with van der Waals surface area (Å²) in [5.41, 5.74) is 2.92. The van der Waals surface area contributed by atoms with Gasteiger partial charge in [-0.1, -0.05) is 43.4 Å². The van der Waals surface area contributed by atoms with Crippen molar-refractivity contribution in [3.63, 3.8) is 0 Å². The lowest BCUT2D eigenvalue weighted by atomic mass is 9.89. The summed E-state index contributed by atoms with van der Waals surface area (Å²) in [5.74, 6) is 0.714. The van der Waals surface area contributed by atoms with E-state index < -0.39 is 11.7 Å². The predicted molar refractivity (Wildman–Crippen MR) is 209 cm³/mol. The third-order valence-corrected chi connectivity index (χ3v) is 11.7. The number of ether oxygens (including phenoxy) is 3. The summed E-state index contributed by atoms with van der Waals surface area (Å²) < 4.78 is 34.2. The van der Waals surface area contributed by atoms with Gasteiger partial charge in [0.2, 0.25) is 0 Å². The Balaban J connectivity index is 1.01. The monoisotopic (exact) mass is 767 g/mol. The summed E-state index contributed by atoms with van der Waals surface area (Å²) in [5, 5.41) is 18.0. The third kappa shape index (κ3) is 9.92. The molecule has 2 aromatic heterocycles. The van der Waals surface area contributed by atoms with Crippen LogP contribution in [-0.4, -0.2) is 94.0 Å². The Hall–Kier alpha value is -3.20. The van der Waals surface area contributed by atoms with Gasteiger partial charge in [-0.15, -0.1) is 11.3 Å². The van der Waals surface area contributed by atoms with Crippen molar-refractivity contribution in [1.82, 2.24) is 25.1 Å². The first kappa shape index (κ1) is 39.5. The lowest BCUT2D eigenvalue weighted by molar-refractivity contribution is -0.128. The van der Waals surface area contributed by atoms with E-state index in [9.17, 15) is 14.3 Å². The zero-order valence-corrected chi connectivity index (χ0v) is 33.7. The molecule has 2 saturated heterocycles. The zero-order chi connectivity index (χ0) is 37.9. The number of aliphatic hydroxyl groups is 1. The largest absolute Gasteiger partial charge is 0.486 e. The number of likely N-dealkylation sites (tertiary alicyclic amines) is 1. The molecular formula is C40H54FN5O5S2. The number of nitrogens with zero attached hydrogens (tertiary/aromatic N) is 4. The molecular weight excluding hydrogens is 714 g/mol. The van der Waals surface area contributed by atoms with Crippen molar-refractivity contribution in [2.45, 2.75) is 104 Å². The molecule has 0 aliphatic carbocycles. The van der Waals surface area contributed by atoms with Crippen LogP contribution in [0, 0.1) is 5.82 Å². The molecule has 0 bridgehead atoms. The topological polar surface area (TPSA) is 109 Å². The molecule has 4 aromatic rings. The number of aromatic nitrogens is 2. The number of rotatable bonds is 13. The Bertz CT molecular complexity index is 1860. The number of nitrogens with one attached hydrogen (secondary N) is 1. The number of carbonyl (C=O) groups is 1. The second kappa shape index (κ2) is 16.7. The number of halogens is 1. The first-order chi connectivity index (χ1) is 25.2. The average Bonchev–Trinajstić information content (AvgIpc) is 3.77. The van der Waals surface area contributed by atoms with E-state index in [1.54, 1.807) is 17.4 Å². The number of carbonyl (C=O) groups excluding carboxylic acids is 1. The summed E-state index contributed by atoms with van der Waals surface area (Å²) in [7, 11) is 0. The van der Waals surface area contributed by atoms with Gasteiger partial charge < -0.3 is 29.5 Å². The number of benzene rings is 2. The lowest BCUT2D eigenvalue weighted by Gasteiger charge is -2.47. The molecule has 2 fully saturated rings. The lowest BCUT2D eigenvalue weighted by Crippen LogP contribution is -2.58. The van der Waals surface area contributed by atoms with Gasteiger partial charge in [0.25, 0.3) is 11.1 Å². The molecule has 1 atom stereocenters. The Labute approximate surface area is 320 Å². The summed E-state index contributed by atoms with van der Waals surface area (Å²) in [6, 6.07) is 9.12. The van der Waals surface area contributed by atoms with E-state index in [1.807, 2.05) is 69.2 Å². The van der Waals surface area contributed by atoms with E-state index in [-0.39, 0.29) is 23.4 Å². The van der Waals surface area contributed by atoms with Gasteiger partial charge >= 0.3 is 0 Å². The molecule has 0 radical (unpaired) electrons. The summed E-state index contributed by atoms with van der Waals surface area (Å²) >= 11 is 2.95. The molecule has 10 nitrogen and oxygen atoms in total. The van der Waals surface area contributed by atoms with Crippen molar-refractivity contribution >= 4 is 38.8 Å². The van der Waals surface area contributed by atoms with Crippen LogP contribution >= 0.6 is 22.7 Å². The number of piperidine rings is 1. The van der Waals surface area contributed by atoms with E-state index in [0.29, 0.717) is 72.8 Å². The maximum atomic E-state index is 15.0. The van der Waals surface area contributed by atoms with Crippen LogP contribution in [0.15, 0.2) is 35.7 Å². The second-order valence-corrected chi connectivity index (χ2v) is 17.7. The van der Waals surface area contributed by atoms with Crippen LogP contribution in [0.1, 0.15) is 106 Å². The van der Waals surface area contributed by atoms with E-state index in [1.165, 1.54) is 11.3 Å². The molecule has 6 rings (SSSR count). The van der Waals surface area contributed by atoms with Gasteiger partial charge in [0.05, 0.1) is 40.7 Å². The van der Waals surface area contributed by atoms with Crippen LogP contribution in [0.5, 0.6) is 10.9 Å². The molecule has 53 heavy (non-hydrogen) atoms. The van der Waals surface area contributed by atoms with Crippen LogP contribution in [-0.2, 0) is 17.7 Å². The number of amides is 1. The van der Waals surface area contributed by atoms with Gasteiger partial charge in [0.15, 0.2) is 0 Å². The fourth-order valence-corrected chi connectivity index (χ4v) is 8.84. The molecule has 2 aromatic carbocycles. The van der Waals surface area contributed by atoms with Crippen LogP contribution < -0.4 is 14.8 Å². The molecule has 2 N–H and O–H groups in total. The van der Waals surface area contributed by atoms with Crippen molar-refractivity contribution < 1.29 is 28.5 Å². The highest BCUT2D eigenvalue weighted by Gasteiger charge is 2.41. The van der Waals surface area contributed by atoms with Crippen LogP contribution in [0.3, 0.4) is 0 Å². The minimum Gasteiger partial charge on any atom is -0.486 e. The number of fused-ring (bicyclic) bond motifs is 1. The molecule has 4 heterocycles. The standard InChI is InChI=1S/C40H54FN5O5S2/c1-25(2)36-43-31(23-52-36)37(48)46-18-19-49-40(24-46)13-16-45(17-14-40)22-27-8-10-30(41)28(20-27)12-15-42-21-32(47)29-9-11-33(51-39(5,6)7)34-35(29)53-38(44-34)50-26(3)4/h8-11,20,23,25-26,32,42,47H,12-19,21-22,24H2,1-7H3. The predicted octanol–water partition coefficient (Wildman–Crippen LogP) is 7.35. The zero-order valence-electron chi connectivity index (χ0n) is 32.0. The molecule has 0 saturated carbocycles. The number of aliphatic hydroxyl groups excluding tert-OH is 1. The average molecular weight is 768 g/mol. The molecule has 288 valence electrons. The van der Waals surface area contributed by atoms with Crippen LogP contribution in [0.25, 0.3) is 10.2 Å². The normalized spacial score (nSPS) is 17.3. The van der Waals surface area contributed by atoms with E-state index >= 15 is 0 Å². The fourth-order valence-electron chi connectivity index (χ4n) is 6.91. The first-order valence-corrected chi connectivity index (χ1v) is 20.4. The van der Waals surface area contributed by atoms with Crippen LogP contribution in [0.2, 0.25) is 0 Å². The number of hydrogen-bond acceptors (Lipinski definition) is 11. The van der Waals surface area contributed by atoms with Crippen molar-refractivity contribution in [3.05, 3.63) is 68.9 Å². The van der Waals surface area contributed by atoms with Crippen molar-refractivity contribution in [2.24, 2.45) is 0 Å². The SMILES string of the molecule is CC(C)Oc1nc2c(OC(C)(C)C)ccc(C(O)CNCCc3cc(CN4CCC5(CC4)CN(C(=O)c4csc(C(C)C)n4)CCO5)ccc3F)c2s1. The molecule has 13 heteroatoms. The summed E-state index contributed by atoms with van der Waals surface area (Å²) in [6.45, 7) is 19.0. The molecule has 1 spiro atoms. The third-order valence-electron chi connectivity index (χ3n) is 9.59. The fraction of sp³-hybridized carbons (Fsp3) is 0.575. The maximum absolute atomic E-state index is 15.0. The molecule has 1 amide bonds. The van der Waals surface area contributed by atoms with Gasteiger partial charge in [-0.25, -0.2) is 9.37 Å². The highest BCUT2D eigenvalue weighted by Crippen LogP contribution is 2.40. The number of thiazole rings is 2. The highest BCUT2D eigenvalue weighted by atomic mass is 32.1. The van der Waals surface area contributed by atoms with Gasteiger partial charge in [0, 0.05) is 49.6 Å². The van der Waals surface area contributed by atoms with E-state index in [0.717, 1.165) is 53.3 Å². The van der Waals surface area contributed by atoms with Crippen molar-refractivity contribution in [3.8, 4) is 10.9 Å². The second-order valence-electron chi connectivity index (χ2n) is 15.8. The Morgan fingerprint density at radius 2 is 1.89 bits per heavy atom. The van der Waals surface area contributed by atoms with Crippen molar-refractivity contribution in [2.75, 3.05) is 45.9 Å². The van der Waals surface area contributed by atoms with Gasteiger partial charge in [-0.3, -0.25) is 9.69 Å². The highest BCUT2D eigenvalue weighted by molar-refractivity contribution is 7.20.